The summed E-state index contributed by atoms with van der Waals surface area (Å²) in [6, 6.07) is 8.62. The van der Waals surface area contributed by atoms with Crippen LogP contribution in [0.5, 0.6) is 0 Å². The molecule has 0 bridgehead atoms. The minimum Gasteiger partial charge on any atom is -0.333 e. The molecule has 0 aliphatic carbocycles. The highest BCUT2D eigenvalue weighted by atomic mass is 15.1. The van der Waals surface area contributed by atoms with Gasteiger partial charge in [-0.1, -0.05) is 38.1 Å². The summed E-state index contributed by atoms with van der Waals surface area (Å²) in [6.07, 6.45) is 5.82. The zero-order valence-electron chi connectivity index (χ0n) is 12.7. The fourth-order valence-electron chi connectivity index (χ4n) is 2.59. The third-order valence-electron chi connectivity index (χ3n) is 3.73. The lowest BCUT2D eigenvalue weighted by Gasteiger charge is -2.17. The van der Waals surface area contributed by atoms with Crippen molar-refractivity contribution in [1.29, 1.82) is 0 Å². The van der Waals surface area contributed by atoms with Crippen LogP contribution in [0.15, 0.2) is 36.8 Å². The molecule has 0 spiro atoms. The maximum Gasteiger partial charge on any atom is 0.0948 e. The molecule has 3 heteroatoms. The zero-order valence-corrected chi connectivity index (χ0v) is 12.7. The summed E-state index contributed by atoms with van der Waals surface area (Å²) in [7, 11) is 0. The Labute approximate surface area is 121 Å². The maximum atomic E-state index is 6.28. The first-order chi connectivity index (χ1) is 9.58. The van der Waals surface area contributed by atoms with Crippen molar-refractivity contribution in [2.45, 2.75) is 46.2 Å². The van der Waals surface area contributed by atoms with E-state index in [1.165, 1.54) is 11.1 Å². The van der Waals surface area contributed by atoms with E-state index >= 15 is 0 Å². The Morgan fingerprint density at radius 1 is 1.25 bits per heavy atom. The van der Waals surface area contributed by atoms with Crippen LogP contribution in [-0.2, 0) is 13.0 Å². The first kappa shape index (κ1) is 14.8. The predicted octanol–water partition coefficient (Wildman–Crippen LogP) is 3.48. The van der Waals surface area contributed by atoms with E-state index in [9.17, 15) is 0 Å². The van der Waals surface area contributed by atoms with Gasteiger partial charge < -0.3 is 10.3 Å². The fourth-order valence-corrected chi connectivity index (χ4v) is 2.59. The van der Waals surface area contributed by atoms with E-state index in [1.807, 2.05) is 12.5 Å². The SMILES string of the molecule is Cc1ccccc1CCn1cncc1C(N)CC(C)C. The Balaban J connectivity index is 2.04. The van der Waals surface area contributed by atoms with Crippen molar-refractivity contribution >= 4 is 0 Å². The molecule has 0 amide bonds. The van der Waals surface area contributed by atoms with Crippen molar-refractivity contribution in [3.8, 4) is 0 Å². The molecule has 0 saturated carbocycles. The Hall–Kier alpha value is -1.61. The molecule has 0 aliphatic rings. The van der Waals surface area contributed by atoms with Gasteiger partial charge in [-0.25, -0.2) is 4.98 Å². The Morgan fingerprint density at radius 2 is 2.00 bits per heavy atom. The molecule has 1 aromatic carbocycles. The van der Waals surface area contributed by atoms with E-state index in [4.69, 9.17) is 5.73 Å². The molecule has 1 atom stereocenters. The molecule has 0 aliphatic heterocycles. The van der Waals surface area contributed by atoms with Crippen LogP contribution in [0.3, 0.4) is 0 Å². The number of nitrogens with zero attached hydrogens (tertiary/aromatic N) is 2. The monoisotopic (exact) mass is 271 g/mol. The maximum absolute atomic E-state index is 6.28. The molecular weight excluding hydrogens is 246 g/mol. The van der Waals surface area contributed by atoms with E-state index < -0.39 is 0 Å². The largest absolute Gasteiger partial charge is 0.333 e. The third-order valence-corrected chi connectivity index (χ3v) is 3.73. The van der Waals surface area contributed by atoms with Gasteiger partial charge in [-0.3, -0.25) is 0 Å². The van der Waals surface area contributed by atoms with Crippen molar-refractivity contribution in [3.05, 3.63) is 53.6 Å². The molecule has 2 N–H and O–H groups in total. The van der Waals surface area contributed by atoms with E-state index in [-0.39, 0.29) is 6.04 Å². The van der Waals surface area contributed by atoms with Gasteiger partial charge >= 0.3 is 0 Å². The van der Waals surface area contributed by atoms with Crippen molar-refractivity contribution in [3.63, 3.8) is 0 Å². The molecule has 0 fully saturated rings. The number of aryl methyl sites for hydroxylation is 3. The summed E-state index contributed by atoms with van der Waals surface area (Å²) in [4.78, 5) is 4.27. The van der Waals surface area contributed by atoms with Crippen molar-refractivity contribution in [2.75, 3.05) is 0 Å². The molecule has 1 aromatic heterocycles. The fraction of sp³-hybridized carbons (Fsp3) is 0.471. The van der Waals surface area contributed by atoms with Crippen LogP contribution in [-0.4, -0.2) is 9.55 Å². The first-order valence-electron chi connectivity index (χ1n) is 7.38. The lowest BCUT2D eigenvalue weighted by atomic mass is 10.0. The summed E-state index contributed by atoms with van der Waals surface area (Å²) in [5, 5.41) is 0. The quantitative estimate of drug-likeness (QED) is 0.874. The summed E-state index contributed by atoms with van der Waals surface area (Å²) in [6.45, 7) is 7.50. The number of hydrogen-bond acceptors (Lipinski definition) is 2. The van der Waals surface area contributed by atoms with Gasteiger partial charge in [-0.15, -0.1) is 0 Å². The molecular formula is C17H25N3. The van der Waals surface area contributed by atoms with Gasteiger partial charge in [0.1, 0.15) is 0 Å². The highest BCUT2D eigenvalue weighted by molar-refractivity contribution is 5.25. The lowest BCUT2D eigenvalue weighted by Crippen LogP contribution is -2.18. The minimum atomic E-state index is 0.0781. The number of benzene rings is 1. The van der Waals surface area contributed by atoms with Crippen LogP contribution in [0.2, 0.25) is 0 Å². The van der Waals surface area contributed by atoms with Gasteiger partial charge in [-0.05, 0) is 36.8 Å². The highest BCUT2D eigenvalue weighted by Crippen LogP contribution is 2.19. The molecule has 108 valence electrons. The van der Waals surface area contributed by atoms with Crippen molar-refractivity contribution < 1.29 is 0 Å². The second kappa shape index (κ2) is 6.71. The Bertz CT molecular complexity index is 543. The second-order valence-electron chi connectivity index (χ2n) is 5.92. The third kappa shape index (κ3) is 3.70. The van der Waals surface area contributed by atoms with Gasteiger partial charge in [0.05, 0.1) is 12.0 Å². The lowest BCUT2D eigenvalue weighted by molar-refractivity contribution is 0.483. The molecule has 2 rings (SSSR count). The number of nitrogens with two attached hydrogens (primary N) is 1. The molecule has 2 aromatic rings. The number of rotatable bonds is 6. The topological polar surface area (TPSA) is 43.8 Å². The number of imidazole rings is 1. The van der Waals surface area contributed by atoms with E-state index in [0.717, 1.165) is 25.1 Å². The first-order valence-corrected chi connectivity index (χ1v) is 7.38. The average molecular weight is 271 g/mol. The average Bonchev–Trinajstić information content (AvgIpc) is 2.85. The summed E-state index contributed by atoms with van der Waals surface area (Å²) >= 11 is 0. The molecule has 0 saturated heterocycles. The van der Waals surface area contributed by atoms with Gasteiger partial charge in [0.2, 0.25) is 0 Å². The van der Waals surface area contributed by atoms with E-state index in [2.05, 4.69) is 54.6 Å². The summed E-state index contributed by atoms with van der Waals surface area (Å²) in [5.41, 5.74) is 10.2. The highest BCUT2D eigenvalue weighted by Gasteiger charge is 2.13. The Morgan fingerprint density at radius 3 is 2.70 bits per heavy atom. The molecule has 0 radical (unpaired) electrons. The van der Waals surface area contributed by atoms with Gasteiger partial charge in [0, 0.05) is 18.8 Å². The minimum absolute atomic E-state index is 0.0781. The zero-order chi connectivity index (χ0) is 14.5. The summed E-state index contributed by atoms with van der Waals surface area (Å²) < 4.78 is 2.19. The number of aromatic nitrogens is 2. The van der Waals surface area contributed by atoms with Gasteiger partial charge in [0.25, 0.3) is 0 Å². The van der Waals surface area contributed by atoms with E-state index in [0.29, 0.717) is 5.92 Å². The normalized spacial score (nSPS) is 12.8. The number of hydrogen-bond donors (Lipinski definition) is 1. The molecule has 1 heterocycles. The van der Waals surface area contributed by atoms with E-state index in [1.54, 1.807) is 0 Å². The smallest absolute Gasteiger partial charge is 0.0948 e. The predicted molar refractivity (Wildman–Crippen MR) is 83.5 cm³/mol. The van der Waals surface area contributed by atoms with Gasteiger partial charge in [-0.2, -0.15) is 0 Å². The summed E-state index contributed by atoms with van der Waals surface area (Å²) in [5.74, 6) is 0.602. The van der Waals surface area contributed by atoms with Crippen LogP contribution < -0.4 is 5.73 Å². The van der Waals surface area contributed by atoms with Crippen LogP contribution in [0, 0.1) is 12.8 Å². The van der Waals surface area contributed by atoms with Gasteiger partial charge in [0.15, 0.2) is 0 Å². The molecule has 3 nitrogen and oxygen atoms in total. The molecule has 20 heavy (non-hydrogen) atoms. The Kier molecular flexibility index (Phi) is 4.96. The van der Waals surface area contributed by atoms with Crippen molar-refractivity contribution in [1.82, 2.24) is 9.55 Å². The van der Waals surface area contributed by atoms with Crippen LogP contribution in [0.25, 0.3) is 0 Å². The second-order valence-corrected chi connectivity index (χ2v) is 5.92. The van der Waals surface area contributed by atoms with Crippen LogP contribution in [0.1, 0.15) is 43.1 Å². The van der Waals surface area contributed by atoms with Crippen molar-refractivity contribution in [2.24, 2.45) is 11.7 Å². The van der Waals surface area contributed by atoms with Crippen LogP contribution in [0.4, 0.5) is 0 Å². The molecule has 1 unspecified atom stereocenters. The standard InChI is InChI=1S/C17H25N3/c1-13(2)10-16(18)17-11-19-12-20(17)9-8-15-7-5-4-6-14(15)3/h4-7,11-13,16H,8-10,18H2,1-3H3. The van der Waals surface area contributed by atoms with Crippen LogP contribution >= 0.6 is 0 Å².